The zero-order valence-corrected chi connectivity index (χ0v) is 15.5. The number of aliphatic hydroxyl groups excluding tert-OH is 1. The lowest BCUT2D eigenvalue weighted by Gasteiger charge is -2.22. The highest BCUT2D eigenvalue weighted by Gasteiger charge is 2.42. The van der Waals surface area contributed by atoms with Gasteiger partial charge in [0, 0.05) is 25.8 Å². The SMILES string of the molecule is COc1ncccc1O[C@@H]1C[C@@H]2CN(CC(O)c3ccc(O)cc3)C[C@@H]2C1. The van der Waals surface area contributed by atoms with Gasteiger partial charge in [0.1, 0.15) is 5.75 Å². The number of benzene rings is 1. The number of methoxy groups -OCH3 is 1. The van der Waals surface area contributed by atoms with E-state index < -0.39 is 6.10 Å². The van der Waals surface area contributed by atoms with Crippen molar-refractivity contribution in [2.45, 2.75) is 25.0 Å². The molecule has 1 aliphatic carbocycles. The number of likely N-dealkylation sites (tertiary alicyclic amines) is 1. The molecular formula is C21H26N2O4. The van der Waals surface area contributed by atoms with Crippen molar-refractivity contribution in [3.8, 4) is 17.4 Å². The number of fused-ring (bicyclic) bond motifs is 1. The van der Waals surface area contributed by atoms with Crippen LogP contribution in [0.3, 0.4) is 0 Å². The van der Waals surface area contributed by atoms with Gasteiger partial charge in [-0.05, 0) is 54.5 Å². The molecular weight excluding hydrogens is 344 g/mol. The van der Waals surface area contributed by atoms with Gasteiger partial charge in [0.05, 0.1) is 19.3 Å². The Kier molecular flexibility index (Phi) is 5.18. The van der Waals surface area contributed by atoms with Gasteiger partial charge in [-0.2, -0.15) is 0 Å². The molecule has 144 valence electrons. The van der Waals surface area contributed by atoms with E-state index in [1.54, 1.807) is 37.6 Å². The van der Waals surface area contributed by atoms with Gasteiger partial charge < -0.3 is 19.7 Å². The van der Waals surface area contributed by atoms with Crippen molar-refractivity contribution in [1.82, 2.24) is 9.88 Å². The maximum absolute atomic E-state index is 10.5. The quantitative estimate of drug-likeness (QED) is 0.814. The van der Waals surface area contributed by atoms with Crippen LogP contribution in [-0.4, -0.2) is 52.9 Å². The van der Waals surface area contributed by atoms with Crippen LogP contribution in [0.1, 0.15) is 24.5 Å². The highest BCUT2D eigenvalue weighted by molar-refractivity contribution is 5.32. The van der Waals surface area contributed by atoms with E-state index in [2.05, 4.69) is 9.88 Å². The van der Waals surface area contributed by atoms with Crippen molar-refractivity contribution in [2.75, 3.05) is 26.7 Å². The van der Waals surface area contributed by atoms with E-state index in [9.17, 15) is 10.2 Å². The summed E-state index contributed by atoms with van der Waals surface area (Å²) in [5, 5.41) is 19.9. The number of aliphatic hydroxyl groups is 1. The Bertz CT molecular complexity index is 753. The number of ether oxygens (including phenoxy) is 2. The minimum absolute atomic E-state index is 0.197. The molecule has 1 saturated heterocycles. The molecule has 27 heavy (non-hydrogen) atoms. The largest absolute Gasteiger partial charge is 0.508 e. The first-order valence-electron chi connectivity index (χ1n) is 9.47. The second kappa shape index (κ2) is 7.74. The molecule has 1 unspecified atom stereocenters. The number of hydrogen-bond acceptors (Lipinski definition) is 6. The Balaban J connectivity index is 1.30. The summed E-state index contributed by atoms with van der Waals surface area (Å²) in [6, 6.07) is 10.6. The molecule has 6 heteroatoms. The average Bonchev–Trinajstić information content (AvgIpc) is 3.20. The van der Waals surface area contributed by atoms with Crippen LogP contribution in [0.4, 0.5) is 0 Å². The first-order chi connectivity index (χ1) is 13.1. The molecule has 4 rings (SSSR count). The lowest BCUT2D eigenvalue weighted by atomic mass is 10.0. The molecule has 2 aromatic rings. The van der Waals surface area contributed by atoms with Gasteiger partial charge in [-0.15, -0.1) is 0 Å². The van der Waals surface area contributed by atoms with Crippen molar-refractivity contribution < 1.29 is 19.7 Å². The predicted octanol–water partition coefficient (Wildman–Crippen LogP) is 2.62. The monoisotopic (exact) mass is 370 g/mol. The molecule has 1 aromatic heterocycles. The van der Waals surface area contributed by atoms with Gasteiger partial charge >= 0.3 is 0 Å². The maximum Gasteiger partial charge on any atom is 0.256 e. The van der Waals surface area contributed by atoms with Gasteiger partial charge in [-0.1, -0.05) is 12.1 Å². The predicted molar refractivity (Wildman–Crippen MR) is 101 cm³/mol. The molecule has 1 aliphatic heterocycles. The van der Waals surface area contributed by atoms with Crippen molar-refractivity contribution in [2.24, 2.45) is 11.8 Å². The number of phenols is 1. The minimum atomic E-state index is -0.531. The highest BCUT2D eigenvalue weighted by Crippen LogP contribution is 2.41. The fourth-order valence-electron chi connectivity index (χ4n) is 4.43. The summed E-state index contributed by atoms with van der Waals surface area (Å²) in [4.78, 5) is 6.53. The Morgan fingerprint density at radius 1 is 1.15 bits per heavy atom. The van der Waals surface area contributed by atoms with Gasteiger partial charge in [0.15, 0.2) is 5.75 Å². The average molecular weight is 370 g/mol. The molecule has 2 fully saturated rings. The number of β-amino-alcohol motifs (C(OH)–C–C–N with tert-alkyl or cyclic N) is 1. The number of rotatable bonds is 6. The molecule has 1 aromatic carbocycles. The molecule has 1 saturated carbocycles. The van der Waals surface area contributed by atoms with Crippen LogP contribution < -0.4 is 9.47 Å². The number of nitrogens with zero attached hydrogens (tertiary/aromatic N) is 2. The van der Waals surface area contributed by atoms with Gasteiger partial charge in [-0.25, -0.2) is 4.98 Å². The number of aromatic hydroxyl groups is 1. The topological polar surface area (TPSA) is 75.1 Å². The molecule has 2 N–H and O–H groups in total. The van der Waals surface area contributed by atoms with Crippen LogP contribution in [0.5, 0.6) is 17.4 Å². The van der Waals surface area contributed by atoms with Crippen LogP contribution in [-0.2, 0) is 0 Å². The van der Waals surface area contributed by atoms with E-state index in [4.69, 9.17) is 9.47 Å². The summed E-state index contributed by atoms with van der Waals surface area (Å²) < 4.78 is 11.4. The number of phenolic OH excluding ortho intramolecular Hbond substituents is 1. The third-order valence-electron chi connectivity index (χ3n) is 5.72. The maximum atomic E-state index is 10.5. The normalized spacial score (nSPS) is 25.9. The first kappa shape index (κ1) is 18.1. The second-order valence-corrected chi connectivity index (χ2v) is 7.57. The summed E-state index contributed by atoms with van der Waals surface area (Å²) in [7, 11) is 1.61. The van der Waals surface area contributed by atoms with Crippen LogP contribution >= 0.6 is 0 Å². The van der Waals surface area contributed by atoms with Crippen molar-refractivity contribution >= 4 is 0 Å². The third kappa shape index (κ3) is 4.01. The van der Waals surface area contributed by atoms with E-state index in [0.717, 1.165) is 31.5 Å². The van der Waals surface area contributed by atoms with Crippen LogP contribution in [0.2, 0.25) is 0 Å². The fraction of sp³-hybridized carbons (Fsp3) is 0.476. The molecule has 0 spiro atoms. The molecule has 6 nitrogen and oxygen atoms in total. The van der Waals surface area contributed by atoms with E-state index in [-0.39, 0.29) is 11.9 Å². The van der Waals surface area contributed by atoms with Crippen molar-refractivity contribution in [3.63, 3.8) is 0 Å². The van der Waals surface area contributed by atoms with Crippen LogP contribution in [0.25, 0.3) is 0 Å². The van der Waals surface area contributed by atoms with E-state index in [1.807, 2.05) is 12.1 Å². The van der Waals surface area contributed by atoms with Gasteiger partial charge in [-0.3, -0.25) is 4.90 Å². The van der Waals surface area contributed by atoms with Crippen molar-refractivity contribution in [1.29, 1.82) is 0 Å². The summed E-state index contributed by atoms with van der Waals surface area (Å²) in [5.74, 6) is 2.67. The molecule has 0 radical (unpaired) electrons. The Morgan fingerprint density at radius 3 is 2.52 bits per heavy atom. The fourth-order valence-corrected chi connectivity index (χ4v) is 4.43. The van der Waals surface area contributed by atoms with Gasteiger partial charge in [0.25, 0.3) is 5.88 Å². The minimum Gasteiger partial charge on any atom is -0.508 e. The molecule has 0 amide bonds. The van der Waals surface area contributed by atoms with Gasteiger partial charge in [0.2, 0.25) is 0 Å². The lowest BCUT2D eigenvalue weighted by Crippen LogP contribution is -2.29. The van der Waals surface area contributed by atoms with Crippen molar-refractivity contribution in [3.05, 3.63) is 48.2 Å². The molecule has 4 atom stereocenters. The molecule has 2 heterocycles. The standard InChI is InChI=1S/C21H26N2O4/c1-26-21-20(3-2-8-22-21)27-18-9-15-11-23(12-16(15)10-18)13-19(25)14-4-6-17(24)7-5-14/h2-8,15-16,18-19,24-25H,9-13H2,1H3/t15-,16+,18-,19?. The van der Waals surface area contributed by atoms with Crippen LogP contribution in [0, 0.1) is 11.8 Å². The molecule has 2 aliphatic rings. The number of pyridine rings is 1. The lowest BCUT2D eigenvalue weighted by molar-refractivity contribution is 0.115. The first-order valence-corrected chi connectivity index (χ1v) is 9.47. The Labute approximate surface area is 159 Å². The Hall–Kier alpha value is -2.31. The Morgan fingerprint density at radius 2 is 1.85 bits per heavy atom. The highest BCUT2D eigenvalue weighted by atomic mass is 16.5. The summed E-state index contributed by atoms with van der Waals surface area (Å²) in [5.41, 5.74) is 0.842. The smallest absolute Gasteiger partial charge is 0.256 e. The third-order valence-corrected chi connectivity index (χ3v) is 5.72. The zero-order valence-electron chi connectivity index (χ0n) is 15.5. The van der Waals surface area contributed by atoms with E-state index in [0.29, 0.717) is 30.0 Å². The summed E-state index contributed by atoms with van der Waals surface area (Å²) in [6.07, 6.45) is 3.41. The zero-order chi connectivity index (χ0) is 18.8. The number of hydrogen-bond donors (Lipinski definition) is 2. The van der Waals surface area contributed by atoms with E-state index in [1.165, 1.54) is 0 Å². The molecule has 0 bridgehead atoms. The number of aromatic nitrogens is 1. The summed E-state index contributed by atoms with van der Waals surface area (Å²) in [6.45, 7) is 2.60. The van der Waals surface area contributed by atoms with E-state index >= 15 is 0 Å². The second-order valence-electron chi connectivity index (χ2n) is 7.57. The summed E-state index contributed by atoms with van der Waals surface area (Å²) >= 11 is 0. The van der Waals surface area contributed by atoms with Crippen LogP contribution in [0.15, 0.2) is 42.6 Å².